The second-order valence-corrected chi connectivity index (χ2v) is 9.93. The van der Waals surface area contributed by atoms with Gasteiger partial charge in [0.05, 0.1) is 12.2 Å². The molecule has 3 heterocycles. The minimum atomic E-state index is -1.06. The van der Waals surface area contributed by atoms with Crippen molar-refractivity contribution in [3.05, 3.63) is 70.4 Å². The molecule has 2 aliphatic heterocycles. The maximum Gasteiger partial charge on any atom is 0.254 e. The fourth-order valence-electron chi connectivity index (χ4n) is 5.31. The Bertz CT molecular complexity index is 1220. The number of nitrogens with one attached hydrogen (secondary N) is 1. The molecule has 1 saturated heterocycles. The van der Waals surface area contributed by atoms with Crippen molar-refractivity contribution in [2.24, 2.45) is 5.92 Å². The van der Waals surface area contributed by atoms with Crippen molar-refractivity contribution in [2.45, 2.75) is 38.6 Å². The maximum atomic E-state index is 13.9. The van der Waals surface area contributed by atoms with Gasteiger partial charge >= 0.3 is 0 Å². The number of para-hydroxylation sites is 1. The molecule has 32 heavy (non-hydrogen) atoms. The summed E-state index contributed by atoms with van der Waals surface area (Å²) in [6.07, 6.45) is 0.872. The van der Waals surface area contributed by atoms with Crippen LogP contribution in [0, 0.1) is 5.92 Å². The van der Waals surface area contributed by atoms with Gasteiger partial charge in [-0.1, -0.05) is 61.8 Å². The number of carbonyl (C=O) groups excluding carboxylic acids is 2. The number of H-pyrrole nitrogens is 1. The van der Waals surface area contributed by atoms with E-state index in [1.807, 2.05) is 49.4 Å². The molecule has 2 aliphatic rings. The fraction of sp³-hybridized carbons (Fsp3) is 0.385. The van der Waals surface area contributed by atoms with Gasteiger partial charge in [-0.25, -0.2) is 0 Å². The molecule has 166 valence electrons. The van der Waals surface area contributed by atoms with Gasteiger partial charge in [0, 0.05) is 34.9 Å². The molecule has 1 aromatic heterocycles. The summed E-state index contributed by atoms with van der Waals surface area (Å²) < 4.78 is 0. The molecule has 2 amide bonds. The normalized spacial score (nSPS) is 23.1. The first-order valence-corrected chi connectivity index (χ1v) is 11.7. The lowest BCUT2D eigenvalue weighted by atomic mass is 9.76. The number of carbonyl (C=O) groups is 2. The first kappa shape index (κ1) is 21.1. The van der Waals surface area contributed by atoms with E-state index in [9.17, 15) is 9.59 Å². The van der Waals surface area contributed by atoms with E-state index in [1.54, 1.807) is 9.80 Å². The number of benzene rings is 2. The van der Waals surface area contributed by atoms with Crippen LogP contribution in [0.2, 0.25) is 5.02 Å². The van der Waals surface area contributed by atoms with Gasteiger partial charge in [0.2, 0.25) is 5.91 Å². The van der Waals surface area contributed by atoms with E-state index in [2.05, 4.69) is 24.9 Å². The van der Waals surface area contributed by atoms with Crippen molar-refractivity contribution in [2.75, 3.05) is 19.6 Å². The Morgan fingerprint density at radius 3 is 2.59 bits per heavy atom. The standard InChI is InChI=1S/C26H28ClN3O2/c1-16(2)12-13-29-15-22(31)30-14-19(17-8-4-6-10-20(17)27)23-18-9-5-7-11-21(18)28-24(23)26(30,3)25(29)32/h4-11,16,19,28H,12-15H2,1-3H3/t19-,26+/m1/s1. The molecule has 1 N–H and O–H groups in total. The molecule has 0 radical (unpaired) electrons. The van der Waals surface area contributed by atoms with Crippen molar-refractivity contribution in [1.29, 1.82) is 0 Å². The van der Waals surface area contributed by atoms with Gasteiger partial charge in [0.25, 0.3) is 5.91 Å². The highest BCUT2D eigenvalue weighted by Gasteiger charge is 2.56. The van der Waals surface area contributed by atoms with Gasteiger partial charge in [-0.3, -0.25) is 9.59 Å². The molecule has 2 atom stereocenters. The van der Waals surface area contributed by atoms with Crippen LogP contribution in [0.5, 0.6) is 0 Å². The monoisotopic (exact) mass is 449 g/mol. The summed E-state index contributed by atoms with van der Waals surface area (Å²) in [5, 5.41) is 1.75. The zero-order valence-corrected chi connectivity index (χ0v) is 19.4. The fourth-order valence-corrected chi connectivity index (χ4v) is 5.58. The van der Waals surface area contributed by atoms with Gasteiger partial charge in [-0.15, -0.1) is 0 Å². The van der Waals surface area contributed by atoms with E-state index < -0.39 is 5.54 Å². The molecule has 5 rings (SSSR count). The minimum absolute atomic E-state index is 0.0110. The summed E-state index contributed by atoms with van der Waals surface area (Å²) in [7, 11) is 0. The SMILES string of the molecule is CC(C)CCN1CC(=O)N2C[C@H](c3ccccc3Cl)c3c([nH]c4ccccc34)[C@@]2(C)C1=O. The largest absolute Gasteiger partial charge is 0.356 e. The van der Waals surface area contributed by atoms with Crippen LogP contribution in [0.15, 0.2) is 48.5 Å². The van der Waals surface area contributed by atoms with Gasteiger partial charge in [-0.05, 0) is 42.5 Å². The van der Waals surface area contributed by atoms with E-state index in [4.69, 9.17) is 11.6 Å². The molecule has 0 saturated carbocycles. The maximum absolute atomic E-state index is 13.9. The summed E-state index contributed by atoms with van der Waals surface area (Å²) in [5.41, 5.74) is 2.77. The molecule has 1 fully saturated rings. The predicted molar refractivity (Wildman–Crippen MR) is 127 cm³/mol. The predicted octanol–water partition coefficient (Wildman–Crippen LogP) is 4.90. The van der Waals surface area contributed by atoms with Gasteiger partial charge in [0.15, 0.2) is 5.54 Å². The van der Waals surface area contributed by atoms with Gasteiger partial charge < -0.3 is 14.8 Å². The van der Waals surface area contributed by atoms with Crippen LogP contribution in [0.1, 0.15) is 49.9 Å². The molecule has 0 unspecified atom stereocenters. The quantitative estimate of drug-likeness (QED) is 0.616. The number of hydrogen-bond acceptors (Lipinski definition) is 2. The highest BCUT2D eigenvalue weighted by Crippen LogP contribution is 2.49. The average Bonchev–Trinajstić information content (AvgIpc) is 3.17. The highest BCUT2D eigenvalue weighted by atomic mass is 35.5. The minimum Gasteiger partial charge on any atom is -0.356 e. The van der Waals surface area contributed by atoms with E-state index in [1.165, 1.54) is 0 Å². The lowest BCUT2D eigenvalue weighted by Gasteiger charge is -2.51. The summed E-state index contributed by atoms with van der Waals surface area (Å²) in [6.45, 7) is 7.31. The molecule has 2 aromatic carbocycles. The Morgan fingerprint density at radius 1 is 1.12 bits per heavy atom. The molecule has 0 bridgehead atoms. The van der Waals surface area contributed by atoms with Crippen molar-refractivity contribution in [3.8, 4) is 0 Å². The lowest BCUT2D eigenvalue weighted by molar-refractivity contribution is -0.166. The van der Waals surface area contributed by atoms with Crippen molar-refractivity contribution in [1.82, 2.24) is 14.8 Å². The summed E-state index contributed by atoms with van der Waals surface area (Å²) in [5.74, 6) is 0.325. The zero-order valence-electron chi connectivity index (χ0n) is 18.7. The third-order valence-corrected chi connectivity index (χ3v) is 7.42. The Morgan fingerprint density at radius 2 is 1.84 bits per heavy atom. The van der Waals surface area contributed by atoms with E-state index in [-0.39, 0.29) is 24.3 Å². The summed E-state index contributed by atoms with van der Waals surface area (Å²) in [6, 6.07) is 15.9. The molecular weight excluding hydrogens is 422 g/mol. The van der Waals surface area contributed by atoms with Crippen LogP contribution in [-0.4, -0.2) is 46.2 Å². The number of fused-ring (bicyclic) bond motifs is 5. The van der Waals surface area contributed by atoms with Gasteiger partial charge in [-0.2, -0.15) is 0 Å². The number of halogens is 1. The van der Waals surface area contributed by atoms with E-state index in [0.717, 1.165) is 34.1 Å². The first-order valence-electron chi connectivity index (χ1n) is 11.3. The second kappa shape index (κ2) is 7.66. The smallest absolute Gasteiger partial charge is 0.254 e. The third-order valence-electron chi connectivity index (χ3n) is 7.07. The van der Waals surface area contributed by atoms with Crippen LogP contribution in [0.3, 0.4) is 0 Å². The van der Waals surface area contributed by atoms with Crippen molar-refractivity contribution >= 4 is 34.3 Å². The van der Waals surface area contributed by atoms with E-state index >= 15 is 0 Å². The number of nitrogens with zero attached hydrogens (tertiary/aromatic N) is 2. The van der Waals surface area contributed by atoms with Crippen LogP contribution >= 0.6 is 11.6 Å². The summed E-state index contributed by atoms with van der Waals surface area (Å²) >= 11 is 6.62. The van der Waals surface area contributed by atoms with E-state index in [0.29, 0.717) is 24.0 Å². The van der Waals surface area contributed by atoms with Crippen molar-refractivity contribution in [3.63, 3.8) is 0 Å². The number of rotatable bonds is 4. The lowest BCUT2D eigenvalue weighted by Crippen LogP contribution is -2.67. The number of hydrogen-bond donors (Lipinski definition) is 1. The Balaban J connectivity index is 1.71. The average molecular weight is 450 g/mol. The Labute approximate surface area is 193 Å². The number of aromatic nitrogens is 1. The van der Waals surface area contributed by atoms with Crippen LogP contribution in [-0.2, 0) is 15.1 Å². The number of amides is 2. The highest BCUT2D eigenvalue weighted by molar-refractivity contribution is 6.31. The molecule has 6 heteroatoms. The molecule has 5 nitrogen and oxygen atoms in total. The van der Waals surface area contributed by atoms with Crippen LogP contribution < -0.4 is 0 Å². The van der Waals surface area contributed by atoms with Crippen molar-refractivity contribution < 1.29 is 9.59 Å². The Hall–Kier alpha value is -2.79. The number of piperazine rings is 1. The second-order valence-electron chi connectivity index (χ2n) is 9.52. The molecule has 3 aromatic rings. The van der Waals surface area contributed by atoms with Crippen LogP contribution in [0.4, 0.5) is 0 Å². The van der Waals surface area contributed by atoms with Gasteiger partial charge in [0.1, 0.15) is 0 Å². The van der Waals surface area contributed by atoms with Crippen LogP contribution in [0.25, 0.3) is 10.9 Å². The summed E-state index contributed by atoms with van der Waals surface area (Å²) in [4.78, 5) is 34.3. The first-order chi connectivity index (χ1) is 15.3. The topological polar surface area (TPSA) is 56.4 Å². The number of aromatic amines is 1. The molecular formula is C26H28ClN3O2. The molecule has 0 spiro atoms. The third kappa shape index (κ3) is 3.06. The zero-order chi connectivity index (χ0) is 22.6. The Kier molecular flexibility index (Phi) is 5.05. The molecule has 0 aliphatic carbocycles.